The van der Waals surface area contributed by atoms with Gasteiger partial charge < -0.3 is 10.0 Å². The van der Waals surface area contributed by atoms with Crippen LogP contribution in [0, 0.1) is 5.82 Å². The highest BCUT2D eigenvalue weighted by atomic mass is 32.2. The van der Waals surface area contributed by atoms with Gasteiger partial charge in [0.2, 0.25) is 0 Å². The third kappa shape index (κ3) is 4.00. The van der Waals surface area contributed by atoms with Crippen LogP contribution in [0.2, 0.25) is 0 Å². The van der Waals surface area contributed by atoms with Crippen LogP contribution in [0.25, 0.3) is 5.57 Å². The Morgan fingerprint density at radius 2 is 1.50 bits per heavy atom. The molecule has 0 bridgehead atoms. The Bertz CT molecular complexity index is 967. The molecule has 1 fully saturated rings. The average Bonchev–Trinajstić information content (AvgIpc) is 3.03. The average molecular weight is 427 g/mol. The van der Waals surface area contributed by atoms with Crippen molar-refractivity contribution in [1.29, 1.82) is 0 Å². The highest BCUT2D eigenvalue weighted by molar-refractivity contribution is 8.04. The van der Waals surface area contributed by atoms with Crippen molar-refractivity contribution in [3.63, 3.8) is 0 Å². The van der Waals surface area contributed by atoms with E-state index < -0.39 is 17.6 Å². The minimum absolute atomic E-state index is 0.114. The van der Waals surface area contributed by atoms with E-state index in [1.165, 1.54) is 48.4 Å². The van der Waals surface area contributed by atoms with Gasteiger partial charge in [-0.15, -0.1) is 11.8 Å². The number of anilines is 2. The maximum absolute atomic E-state index is 13.4. The van der Waals surface area contributed by atoms with E-state index in [9.17, 15) is 19.1 Å². The summed E-state index contributed by atoms with van der Waals surface area (Å²) in [6, 6.07) is 13.0. The fourth-order valence-corrected chi connectivity index (χ4v) is 4.72. The first-order valence-electron chi connectivity index (χ1n) is 10.1. The van der Waals surface area contributed by atoms with E-state index in [4.69, 9.17) is 0 Å². The largest absolute Gasteiger partial charge is 0.396 e. The molecule has 0 radical (unpaired) electrons. The van der Waals surface area contributed by atoms with E-state index in [1.807, 2.05) is 12.1 Å². The number of benzene rings is 2. The van der Waals surface area contributed by atoms with Crippen LogP contribution >= 0.6 is 11.8 Å². The highest BCUT2D eigenvalue weighted by Gasteiger charge is 2.40. The van der Waals surface area contributed by atoms with Crippen molar-refractivity contribution < 1.29 is 19.1 Å². The quantitative estimate of drug-likeness (QED) is 0.712. The third-order valence-electron chi connectivity index (χ3n) is 5.34. The first kappa shape index (κ1) is 20.6. The van der Waals surface area contributed by atoms with Crippen molar-refractivity contribution in [2.24, 2.45) is 0 Å². The molecular weight excluding hydrogens is 403 g/mol. The van der Waals surface area contributed by atoms with Gasteiger partial charge in [-0.2, -0.15) is 0 Å². The van der Waals surface area contributed by atoms with Crippen LogP contribution < -0.4 is 9.80 Å². The second-order valence-corrected chi connectivity index (χ2v) is 8.40. The number of amides is 2. The van der Waals surface area contributed by atoms with E-state index >= 15 is 0 Å². The maximum atomic E-state index is 13.4. The molecular formula is C23H23FN2O3S. The number of halogens is 1. The summed E-state index contributed by atoms with van der Waals surface area (Å²) >= 11 is 1.14. The molecule has 0 aromatic heterocycles. The summed E-state index contributed by atoms with van der Waals surface area (Å²) in [5.41, 5.74) is 2.32. The van der Waals surface area contributed by atoms with Gasteiger partial charge in [0.1, 0.15) is 5.82 Å². The summed E-state index contributed by atoms with van der Waals surface area (Å²) in [5, 5.41) is 9.20. The molecule has 5 nitrogen and oxygen atoms in total. The van der Waals surface area contributed by atoms with Gasteiger partial charge in [-0.3, -0.25) is 9.59 Å². The van der Waals surface area contributed by atoms with Crippen molar-refractivity contribution in [3.05, 3.63) is 64.8 Å². The first-order chi connectivity index (χ1) is 14.6. The van der Waals surface area contributed by atoms with E-state index in [2.05, 4.69) is 4.90 Å². The molecule has 1 saturated heterocycles. The molecule has 2 heterocycles. The zero-order chi connectivity index (χ0) is 21.1. The van der Waals surface area contributed by atoms with Crippen LogP contribution in [0.3, 0.4) is 0 Å². The lowest BCUT2D eigenvalue weighted by molar-refractivity contribution is -0.119. The van der Waals surface area contributed by atoms with Gasteiger partial charge in [0.25, 0.3) is 11.8 Å². The van der Waals surface area contributed by atoms with Gasteiger partial charge >= 0.3 is 0 Å². The molecule has 1 N–H and O–H groups in total. The Morgan fingerprint density at radius 3 is 2.13 bits per heavy atom. The normalized spacial score (nSPS) is 17.3. The van der Waals surface area contributed by atoms with E-state index in [1.54, 1.807) is 12.1 Å². The standard InChI is InChI=1S/C23H23FN2O3S/c24-17-6-4-16(5-7-17)20-21(30-15-14-27)23(29)26(22(20)28)19-10-8-18(9-11-19)25-12-2-1-3-13-25/h4-11,27H,1-3,12-15H2. The second kappa shape index (κ2) is 9.02. The Hall–Kier alpha value is -2.64. The molecule has 156 valence electrons. The molecule has 0 unspecified atom stereocenters. The third-order valence-corrected chi connectivity index (χ3v) is 6.40. The fourth-order valence-electron chi connectivity index (χ4n) is 3.86. The van der Waals surface area contributed by atoms with Gasteiger partial charge in [0, 0.05) is 24.5 Å². The number of piperidine rings is 1. The van der Waals surface area contributed by atoms with Crippen molar-refractivity contribution in [1.82, 2.24) is 0 Å². The fraction of sp³-hybridized carbons (Fsp3) is 0.304. The molecule has 7 heteroatoms. The monoisotopic (exact) mass is 426 g/mol. The van der Waals surface area contributed by atoms with Crippen LogP contribution in [0.4, 0.5) is 15.8 Å². The number of hydrogen-bond acceptors (Lipinski definition) is 5. The summed E-state index contributed by atoms with van der Waals surface area (Å²) in [6.07, 6.45) is 3.58. The summed E-state index contributed by atoms with van der Waals surface area (Å²) in [7, 11) is 0. The zero-order valence-corrected chi connectivity index (χ0v) is 17.3. The number of nitrogens with zero attached hydrogens (tertiary/aromatic N) is 2. The van der Waals surface area contributed by atoms with Crippen molar-refractivity contribution in [3.8, 4) is 0 Å². The predicted molar refractivity (Wildman–Crippen MR) is 118 cm³/mol. The number of carbonyl (C=O) groups excluding carboxylic acids is 2. The number of hydrogen-bond donors (Lipinski definition) is 1. The van der Waals surface area contributed by atoms with Crippen molar-refractivity contribution in [2.75, 3.05) is 35.2 Å². The zero-order valence-electron chi connectivity index (χ0n) is 16.5. The smallest absolute Gasteiger partial charge is 0.272 e. The van der Waals surface area contributed by atoms with Gasteiger partial charge in [0.05, 0.1) is 22.8 Å². The topological polar surface area (TPSA) is 60.9 Å². The van der Waals surface area contributed by atoms with Gasteiger partial charge in [-0.25, -0.2) is 9.29 Å². The molecule has 0 atom stereocenters. The molecule has 0 spiro atoms. The van der Waals surface area contributed by atoms with Gasteiger partial charge in [0.15, 0.2) is 0 Å². The summed E-state index contributed by atoms with van der Waals surface area (Å²) in [4.78, 5) is 30.1. The van der Waals surface area contributed by atoms with Crippen molar-refractivity contribution >= 4 is 40.5 Å². The molecule has 4 rings (SSSR count). The van der Waals surface area contributed by atoms with Crippen LogP contribution in [0.1, 0.15) is 24.8 Å². The van der Waals surface area contributed by atoms with Crippen LogP contribution in [-0.2, 0) is 9.59 Å². The number of rotatable bonds is 6. The molecule has 30 heavy (non-hydrogen) atoms. The Labute approximate surface area is 179 Å². The Balaban J connectivity index is 1.64. The molecule has 2 aliphatic heterocycles. The summed E-state index contributed by atoms with van der Waals surface area (Å²) in [6.45, 7) is 1.91. The van der Waals surface area contributed by atoms with Crippen LogP contribution in [0.15, 0.2) is 53.4 Å². The highest BCUT2D eigenvalue weighted by Crippen LogP contribution is 2.38. The minimum atomic E-state index is -0.433. The van der Waals surface area contributed by atoms with Gasteiger partial charge in [-0.1, -0.05) is 12.1 Å². The number of aliphatic hydroxyl groups is 1. The molecule has 0 aliphatic carbocycles. The maximum Gasteiger partial charge on any atom is 0.272 e. The SMILES string of the molecule is O=C1C(SCCO)=C(c2ccc(F)cc2)C(=O)N1c1ccc(N2CCCCC2)cc1. The lowest BCUT2D eigenvalue weighted by atomic mass is 10.1. The first-order valence-corrected chi connectivity index (χ1v) is 11.1. The number of carbonyl (C=O) groups is 2. The summed E-state index contributed by atoms with van der Waals surface area (Å²) < 4.78 is 13.4. The predicted octanol–water partition coefficient (Wildman–Crippen LogP) is 3.83. The second-order valence-electron chi connectivity index (χ2n) is 7.29. The van der Waals surface area contributed by atoms with Crippen molar-refractivity contribution in [2.45, 2.75) is 19.3 Å². The molecule has 2 aliphatic rings. The molecule has 0 saturated carbocycles. The Kier molecular flexibility index (Phi) is 6.20. The number of thioether (sulfide) groups is 1. The van der Waals surface area contributed by atoms with Crippen LogP contribution in [0.5, 0.6) is 0 Å². The molecule has 2 amide bonds. The summed E-state index contributed by atoms with van der Waals surface area (Å²) in [5.74, 6) is -0.965. The number of aliphatic hydroxyl groups excluding tert-OH is 1. The van der Waals surface area contributed by atoms with Crippen LogP contribution in [-0.4, -0.2) is 42.4 Å². The van der Waals surface area contributed by atoms with E-state index in [0.717, 1.165) is 30.5 Å². The van der Waals surface area contributed by atoms with Gasteiger partial charge in [-0.05, 0) is 61.2 Å². The lowest BCUT2D eigenvalue weighted by Gasteiger charge is -2.29. The molecule has 2 aromatic rings. The Morgan fingerprint density at radius 1 is 0.867 bits per heavy atom. The minimum Gasteiger partial charge on any atom is -0.396 e. The lowest BCUT2D eigenvalue weighted by Crippen LogP contribution is -2.32. The van der Waals surface area contributed by atoms with E-state index in [-0.39, 0.29) is 17.1 Å². The molecule has 2 aromatic carbocycles. The van der Waals surface area contributed by atoms with E-state index in [0.29, 0.717) is 17.0 Å². The number of imide groups is 1.